The average Bonchev–Trinajstić information content (AvgIpc) is 2.46. The smallest absolute Gasteiger partial charge is 0.166 e. The highest BCUT2D eigenvalue weighted by Crippen LogP contribution is 2.37. The van der Waals surface area contributed by atoms with Crippen LogP contribution in [0.1, 0.15) is 47.0 Å². The monoisotopic (exact) mass is 172 g/mol. The molecule has 1 rings (SSSR count). The first-order valence-corrected chi connectivity index (χ1v) is 4.94. The molecule has 2 nitrogen and oxygen atoms in total. The maximum Gasteiger partial charge on any atom is 0.166 e. The van der Waals surface area contributed by atoms with Crippen LogP contribution in [0.4, 0.5) is 0 Å². The first kappa shape index (κ1) is 10.0. The molecule has 1 saturated heterocycles. The molecule has 1 aliphatic heterocycles. The average molecular weight is 172 g/mol. The van der Waals surface area contributed by atoms with Crippen LogP contribution >= 0.6 is 0 Å². The molecule has 1 aliphatic rings. The van der Waals surface area contributed by atoms with E-state index in [2.05, 4.69) is 20.8 Å². The summed E-state index contributed by atoms with van der Waals surface area (Å²) >= 11 is 0. The SMILES string of the molecule is CCC1(CC)COC(C)(CC)O1. The molecule has 0 saturated carbocycles. The van der Waals surface area contributed by atoms with Crippen LogP contribution in [0.25, 0.3) is 0 Å². The van der Waals surface area contributed by atoms with Crippen molar-refractivity contribution in [1.82, 2.24) is 0 Å². The lowest BCUT2D eigenvalue weighted by atomic mass is 9.99. The van der Waals surface area contributed by atoms with E-state index >= 15 is 0 Å². The topological polar surface area (TPSA) is 18.5 Å². The third-order valence-corrected chi connectivity index (χ3v) is 3.00. The van der Waals surface area contributed by atoms with Crippen LogP contribution in [0.2, 0.25) is 0 Å². The Labute approximate surface area is 75.2 Å². The Morgan fingerprint density at radius 2 is 1.67 bits per heavy atom. The van der Waals surface area contributed by atoms with E-state index < -0.39 is 0 Å². The lowest BCUT2D eigenvalue weighted by Gasteiger charge is -2.28. The highest BCUT2D eigenvalue weighted by Gasteiger charge is 2.44. The van der Waals surface area contributed by atoms with Crippen molar-refractivity contribution < 1.29 is 9.47 Å². The van der Waals surface area contributed by atoms with Crippen molar-refractivity contribution in [2.45, 2.75) is 58.3 Å². The summed E-state index contributed by atoms with van der Waals surface area (Å²) in [6.07, 6.45) is 3.01. The fourth-order valence-electron chi connectivity index (χ4n) is 1.57. The maximum absolute atomic E-state index is 5.96. The third-order valence-electron chi connectivity index (χ3n) is 3.00. The van der Waals surface area contributed by atoms with Gasteiger partial charge in [-0.1, -0.05) is 20.8 Å². The lowest BCUT2D eigenvalue weighted by molar-refractivity contribution is -0.177. The van der Waals surface area contributed by atoms with Crippen molar-refractivity contribution >= 4 is 0 Å². The van der Waals surface area contributed by atoms with Crippen LogP contribution in [0.3, 0.4) is 0 Å². The van der Waals surface area contributed by atoms with Gasteiger partial charge in [0.2, 0.25) is 0 Å². The third kappa shape index (κ3) is 1.64. The summed E-state index contributed by atoms with van der Waals surface area (Å²) in [7, 11) is 0. The maximum atomic E-state index is 5.96. The minimum absolute atomic E-state index is 0.00917. The number of rotatable bonds is 3. The Balaban J connectivity index is 2.64. The molecule has 0 N–H and O–H groups in total. The Bertz CT molecular complexity index is 152. The molecule has 1 heterocycles. The van der Waals surface area contributed by atoms with E-state index in [1.807, 2.05) is 6.92 Å². The summed E-state index contributed by atoms with van der Waals surface area (Å²) in [5.41, 5.74) is -0.00917. The second-order valence-electron chi connectivity index (χ2n) is 3.77. The molecular weight excluding hydrogens is 152 g/mol. The van der Waals surface area contributed by atoms with E-state index in [9.17, 15) is 0 Å². The van der Waals surface area contributed by atoms with Gasteiger partial charge in [-0.05, 0) is 26.2 Å². The van der Waals surface area contributed by atoms with Gasteiger partial charge in [-0.15, -0.1) is 0 Å². The van der Waals surface area contributed by atoms with Crippen LogP contribution in [0.15, 0.2) is 0 Å². The molecule has 0 aromatic heterocycles. The molecular formula is C10H20O2. The molecule has 1 unspecified atom stereocenters. The summed E-state index contributed by atoms with van der Waals surface area (Å²) in [6, 6.07) is 0. The van der Waals surface area contributed by atoms with E-state index in [-0.39, 0.29) is 11.4 Å². The Morgan fingerprint density at radius 1 is 1.08 bits per heavy atom. The van der Waals surface area contributed by atoms with Crippen molar-refractivity contribution in [3.05, 3.63) is 0 Å². The first-order chi connectivity index (χ1) is 5.60. The fraction of sp³-hybridized carbons (Fsp3) is 1.00. The molecule has 0 bridgehead atoms. The molecule has 72 valence electrons. The van der Waals surface area contributed by atoms with Gasteiger partial charge in [-0.2, -0.15) is 0 Å². The van der Waals surface area contributed by atoms with Crippen molar-refractivity contribution in [2.75, 3.05) is 6.61 Å². The molecule has 1 atom stereocenters. The zero-order chi connectivity index (χ0) is 9.24. The van der Waals surface area contributed by atoms with Gasteiger partial charge >= 0.3 is 0 Å². The summed E-state index contributed by atoms with van der Waals surface area (Å²) in [5.74, 6) is -0.327. The van der Waals surface area contributed by atoms with Crippen LogP contribution in [0.5, 0.6) is 0 Å². The predicted molar refractivity (Wildman–Crippen MR) is 49.0 cm³/mol. The molecule has 0 aromatic carbocycles. The quantitative estimate of drug-likeness (QED) is 0.651. The standard InChI is InChI=1S/C10H20O2/c1-5-9(4)11-8-10(6-2,7-3)12-9/h5-8H2,1-4H3. The molecule has 0 aliphatic carbocycles. The Morgan fingerprint density at radius 3 is 1.92 bits per heavy atom. The van der Waals surface area contributed by atoms with Crippen LogP contribution in [-0.4, -0.2) is 18.0 Å². The number of hydrogen-bond acceptors (Lipinski definition) is 2. The Kier molecular flexibility index (Phi) is 2.79. The van der Waals surface area contributed by atoms with E-state index in [4.69, 9.17) is 9.47 Å². The second kappa shape index (κ2) is 3.35. The van der Waals surface area contributed by atoms with Crippen molar-refractivity contribution in [2.24, 2.45) is 0 Å². The van der Waals surface area contributed by atoms with E-state index in [0.717, 1.165) is 25.9 Å². The van der Waals surface area contributed by atoms with Gasteiger partial charge in [-0.25, -0.2) is 0 Å². The van der Waals surface area contributed by atoms with Gasteiger partial charge in [0.25, 0.3) is 0 Å². The second-order valence-corrected chi connectivity index (χ2v) is 3.77. The van der Waals surface area contributed by atoms with Gasteiger partial charge in [-0.3, -0.25) is 0 Å². The molecule has 0 spiro atoms. The van der Waals surface area contributed by atoms with E-state index in [0.29, 0.717) is 0 Å². The summed E-state index contributed by atoms with van der Waals surface area (Å²) in [6.45, 7) is 9.20. The van der Waals surface area contributed by atoms with Crippen LogP contribution in [-0.2, 0) is 9.47 Å². The van der Waals surface area contributed by atoms with Crippen molar-refractivity contribution in [1.29, 1.82) is 0 Å². The molecule has 0 amide bonds. The van der Waals surface area contributed by atoms with Gasteiger partial charge in [0.05, 0.1) is 12.2 Å². The summed E-state index contributed by atoms with van der Waals surface area (Å²) in [4.78, 5) is 0. The van der Waals surface area contributed by atoms with Crippen molar-refractivity contribution in [3.8, 4) is 0 Å². The zero-order valence-electron chi connectivity index (χ0n) is 8.64. The van der Waals surface area contributed by atoms with Gasteiger partial charge in [0.15, 0.2) is 5.79 Å². The minimum Gasteiger partial charge on any atom is -0.347 e. The molecule has 12 heavy (non-hydrogen) atoms. The zero-order valence-corrected chi connectivity index (χ0v) is 8.64. The van der Waals surface area contributed by atoms with Crippen molar-refractivity contribution in [3.63, 3.8) is 0 Å². The Hall–Kier alpha value is -0.0800. The van der Waals surface area contributed by atoms with E-state index in [1.54, 1.807) is 0 Å². The largest absolute Gasteiger partial charge is 0.347 e. The fourth-order valence-corrected chi connectivity index (χ4v) is 1.57. The minimum atomic E-state index is -0.327. The van der Waals surface area contributed by atoms with E-state index in [1.165, 1.54) is 0 Å². The lowest BCUT2D eigenvalue weighted by Crippen LogP contribution is -2.33. The van der Waals surface area contributed by atoms with Crippen LogP contribution in [0, 0.1) is 0 Å². The summed E-state index contributed by atoms with van der Waals surface area (Å²) < 4.78 is 11.6. The highest BCUT2D eigenvalue weighted by molar-refractivity contribution is 4.86. The molecule has 1 fully saturated rings. The molecule has 2 heteroatoms. The summed E-state index contributed by atoms with van der Waals surface area (Å²) in [5, 5.41) is 0. The predicted octanol–water partition coefficient (Wildman–Crippen LogP) is 2.72. The van der Waals surface area contributed by atoms with Gasteiger partial charge in [0.1, 0.15) is 0 Å². The van der Waals surface area contributed by atoms with Crippen LogP contribution < -0.4 is 0 Å². The highest BCUT2D eigenvalue weighted by atomic mass is 16.8. The normalized spacial score (nSPS) is 34.0. The molecule has 0 radical (unpaired) electrons. The molecule has 0 aromatic rings. The number of ether oxygens (including phenoxy) is 2. The van der Waals surface area contributed by atoms with Gasteiger partial charge in [0, 0.05) is 0 Å². The first-order valence-electron chi connectivity index (χ1n) is 4.94. The van der Waals surface area contributed by atoms with Gasteiger partial charge < -0.3 is 9.47 Å². The number of hydrogen-bond donors (Lipinski definition) is 0.